The fourth-order valence-electron chi connectivity index (χ4n) is 1.29. The molecule has 0 aromatic heterocycles. The molecule has 0 atom stereocenters. The van der Waals surface area contributed by atoms with E-state index in [0.717, 1.165) is 5.75 Å². The van der Waals surface area contributed by atoms with Gasteiger partial charge < -0.3 is 19.8 Å². The van der Waals surface area contributed by atoms with Crippen molar-refractivity contribution in [3.05, 3.63) is 42.5 Å². The molecule has 0 radical (unpaired) electrons. The average molecular weight is 220 g/mol. The first kappa shape index (κ1) is 12.5. The quantitative estimate of drug-likeness (QED) is 0.621. The van der Waals surface area contributed by atoms with Gasteiger partial charge in [-0.25, -0.2) is 0 Å². The van der Waals surface area contributed by atoms with Gasteiger partial charge in [0, 0.05) is 0 Å². The van der Waals surface area contributed by atoms with Crippen molar-refractivity contribution < 1.29 is 19.8 Å². The first-order valence-electron chi connectivity index (χ1n) is 4.70. The molecule has 2 rings (SSSR count). The van der Waals surface area contributed by atoms with Gasteiger partial charge in [-0.15, -0.1) is 0 Å². The summed E-state index contributed by atoms with van der Waals surface area (Å²) in [6.45, 7) is 0. The summed E-state index contributed by atoms with van der Waals surface area (Å²) in [5.41, 5.74) is 0. The van der Waals surface area contributed by atoms with Crippen LogP contribution in [0, 0.1) is 0 Å². The van der Waals surface area contributed by atoms with Gasteiger partial charge in [0.1, 0.15) is 5.75 Å². The van der Waals surface area contributed by atoms with Crippen LogP contribution in [0.1, 0.15) is 0 Å². The lowest BCUT2D eigenvalue weighted by Gasteiger charge is -2.00. The molecule has 4 nitrogen and oxygen atoms in total. The molecule has 0 amide bonds. The second-order valence-electron chi connectivity index (χ2n) is 3.06. The second-order valence-corrected chi connectivity index (χ2v) is 3.06. The van der Waals surface area contributed by atoms with E-state index in [-0.39, 0.29) is 0 Å². The van der Waals surface area contributed by atoms with Crippen LogP contribution in [-0.2, 0) is 0 Å². The third-order valence-electron chi connectivity index (χ3n) is 1.96. The molecule has 0 aliphatic rings. The number of hydrogen-bond acceptors (Lipinski definition) is 4. The first-order valence-corrected chi connectivity index (χ1v) is 4.70. The molecular formula is C11H13BO4. The molecule has 0 aliphatic heterocycles. The summed E-state index contributed by atoms with van der Waals surface area (Å²) >= 11 is 0. The Morgan fingerprint density at radius 3 is 2.06 bits per heavy atom. The van der Waals surface area contributed by atoms with Gasteiger partial charge in [-0.3, -0.25) is 0 Å². The predicted molar refractivity (Wildman–Crippen MR) is 62.9 cm³/mol. The maximum absolute atomic E-state index is 7.17. The summed E-state index contributed by atoms with van der Waals surface area (Å²) in [7, 11) is -0.482. The predicted octanol–water partition coefficient (Wildman–Crippen LogP) is 0.797. The van der Waals surface area contributed by atoms with E-state index in [9.17, 15) is 0 Å². The Bertz CT molecular complexity index is 442. The highest BCUT2D eigenvalue weighted by Gasteiger charge is 1.93. The summed E-state index contributed by atoms with van der Waals surface area (Å²) in [5, 5.41) is 24.0. The van der Waals surface area contributed by atoms with Crippen molar-refractivity contribution >= 4 is 18.1 Å². The molecule has 0 saturated heterocycles. The highest BCUT2D eigenvalue weighted by Crippen LogP contribution is 2.19. The molecule has 0 spiro atoms. The largest absolute Gasteiger partial charge is 0.631 e. The van der Waals surface area contributed by atoms with E-state index in [0.29, 0.717) is 0 Å². The Labute approximate surface area is 93.9 Å². The van der Waals surface area contributed by atoms with E-state index in [1.807, 2.05) is 24.3 Å². The minimum Gasteiger partial charge on any atom is -0.497 e. The second kappa shape index (κ2) is 6.12. The van der Waals surface area contributed by atoms with Gasteiger partial charge in [0.25, 0.3) is 0 Å². The highest BCUT2D eigenvalue weighted by atomic mass is 16.5. The van der Waals surface area contributed by atoms with E-state index in [4.69, 9.17) is 19.8 Å². The van der Waals surface area contributed by atoms with Crippen molar-refractivity contribution in [2.24, 2.45) is 0 Å². The van der Waals surface area contributed by atoms with Crippen LogP contribution >= 0.6 is 0 Å². The third-order valence-corrected chi connectivity index (χ3v) is 1.96. The van der Waals surface area contributed by atoms with Gasteiger partial charge in [0.05, 0.1) is 7.11 Å². The lowest BCUT2D eigenvalue weighted by molar-refractivity contribution is 0.278. The van der Waals surface area contributed by atoms with Crippen LogP contribution in [0.25, 0.3) is 10.8 Å². The number of hydrogen-bond donors (Lipinski definition) is 3. The van der Waals surface area contributed by atoms with Crippen molar-refractivity contribution in [2.75, 3.05) is 7.11 Å². The van der Waals surface area contributed by atoms with Gasteiger partial charge >= 0.3 is 7.32 Å². The Kier molecular flexibility index (Phi) is 4.79. The molecule has 84 valence electrons. The van der Waals surface area contributed by atoms with Gasteiger partial charge in [-0.05, 0) is 22.9 Å². The zero-order valence-electron chi connectivity index (χ0n) is 8.87. The fourth-order valence-corrected chi connectivity index (χ4v) is 1.29. The van der Waals surface area contributed by atoms with Crippen LogP contribution in [0.15, 0.2) is 42.5 Å². The SMILES string of the molecule is COc1ccc2ccccc2c1.OB(O)O. The van der Waals surface area contributed by atoms with Gasteiger partial charge in [0.2, 0.25) is 0 Å². The molecule has 16 heavy (non-hydrogen) atoms. The zero-order chi connectivity index (χ0) is 12.0. The lowest BCUT2D eigenvalue weighted by Crippen LogP contribution is -2.07. The van der Waals surface area contributed by atoms with Crippen molar-refractivity contribution in [3.8, 4) is 5.75 Å². The molecule has 0 fully saturated rings. The Morgan fingerprint density at radius 1 is 0.938 bits per heavy atom. The lowest BCUT2D eigenvalue weighted by atomic mass is 10.1. The first-order chi connectivity index (χ1) is 7.63. The molecule has 3 N–H and O–H groups in total. The minimum absolute atomic E-state index is 0.911. The number of ether oxygens (including phenoxy) is 1. The van der Waals surface area contributed by atoms with Crippen LogP contribution < -0.4 is 4.74 Å². The van der Waals surface area contributed by atoms with Crippen molar-refractivity contribution in [1.82, 2.24) is 0 Å². The molecule has 0 saturated carbocycles. The molecule has 2 aromatic carbocycles. The summed E-state index contributed by atoms with van der Waals surface area (Å²) in [4.78, 5) is 0. The topological polar surface area (TPSA) is 69.9 Å². The molecule has 5 heteroatoms. The zero-order valence-corrected chi connectivity index (χ0v) is 8.87. The molecule has 0 unspecified atom stereocenters. The molecule has 0 bridgehead atoms. The summed E-state index contributed by atoms with van der Waals surface area (Å²) in [6, 6.07) is 14.3. The van der Waals surface area contributed by atoms with Gasteiger partial charge in [-0.2, -0.15) is 0 Å². The normalized spacial score (nSPS) is 9.25. The number of methoxy groups -OCH3 is 1. The van der Waals surface area contributed by atoms with E-state index in [1.54, 1.807) is 7.11 Å². The van der Waals surface area contributed by atoms with E-state index < -0.39 is 7.32 Å². The Hall–Kier alpha value is -1.56. The Balaban J connectivity index is 0.000000280. The van der Waals surface area contributed by atoms with Crippen LogP contribution in [0.4, 0.5) is 0 Å². The number of benzene rings is 2. The van der Waals surface area contributed by atoms with Crippen molar-refractivity contribution in [1.29, 1.82) is 0 Å². The summed E-state index contributed by atoms with van der Waals surface area (Å²) in [5.74, 6) is 0.911. The van der Waals surface area contributed by atoms with E-state index in [2.05, 4.69) is 18.2 Å². The van der Waals surface area contributed by atoms with Crippen molar-refractivity contribution in [2.45, 2.75) is 0 Å². The van der Waals surface area contributed by atoms with Crippen LogP contribution in [0.2, 0.25) is 0 Å². The van der Waals surface area contributed by atoms with Crippen LogP contribution in [-0.4, -0.2) is 29.5 Å². The maximum Gasteiger partial charge on any atom is 0.631 e. The van der Waals surface area contributed by atoms with E-state index >= 15 is 0 Å². The molecule has 0 aliphatic carbocycles. The molecule has 0 heterocycles. The number of fused-ring (bicyclic) bond motifs is 1. The Morgan fingerprint density at radius 2 is 1.50 bits per heavy atom. The molecule has 2 aromatic rings. The summed E-state index contributed by atoms with van der Waals surface area (Å²) < 4.78 is 5.12. The van der Waals surface area contributed by atoms with Crippen LogP contribution in [0.5, 0.6) is 5.75 Å². The van der Waals surface area contributed by atoms with Gasteiger partial charge in [0.15, 0.2) is 0 Å². The average Bonchev–Trinajstić information content (AvgIpc) is 2.27. The minimum atomic E-state index is -2.17. The van der Waals surface area contributed by atoms with E-state index in [1.165, 1.54) is 10.8 Å². The maximum atomic E-state index is 7.17. The van der Waals surface area contributed by atoms with Crippen molar-refractivity contribution in [3.63, 3.8) is 0 Å². The monoisotopic (exact) mass is 220 g/mol. The van der Waals surface area contributed by atoms with Crippen LogP contribution in [0.3, 0.4) is 0 Å². The van der Waals surface area contributed by atoms with Gasteiger partial charge in [-0.1, -0.05) is 30.3 Å². The number of rotatable bonds is 1. The highest BCUT2D eigenvalue weighted by molar-refractivity contribution is 6.30. The summed E-state index contributed by atoms with van der Waals surface area (Å²) in [6.07, 6.45) is 0. The smallest absolute Gasteiger partial charge is 0.497 e. The third kappa shape index (κ3) is 3.90. The fraction of sp³-hybridized carbons (Fsp3) is 0.0909. The standard InChI is InChI=1S/C11H10O.BH3O3/c1-12-11-7-6-9-4-2-3-5-10(9)8-11;2-1(3)4/h2-8H,1H3;2-4H. The molecular weight excluding hydrogens is 207 g/mol.